The summed E-state index contributed by atoms with van der Waals surface area (Å²) in [6, 6.07) is 6.36. The van der Waals surface area contributed by atoms with Crippen molar-refractivity contribution in [3.8, 4) is 0 Å². The van der Waals surface area contributed by atoms with Crippen LogP contribution in [0.5, 0.6) is 0 Å². The highest BCUT2D eigenvalue weighted by Crippen LogP contribution is 2.30. The van der Waals surface area contributed by atoms with Crippen molar-refractivity contribution in [3.05, 3.63) is 54.0 Å². The lowest BCUT2D eigenvalue weighted by molar-refractivity contribution is -0.139. The maximum atomic E-state index is 13.3. The zero-order valence-electron chi connectivity index (χ0n) is 24.0. The highest BCUT2D eigenvalue weighted by molar-refractivity contribution is 6.13. The Morgan fingerprint density at radius 2 is 1.98 bits per heavy atom. The Kier molecular flexibility index (Phi) is 10.4. The molecule has 8 nitrogen and oxygen atoms in total. The van der Waals surface area contributed by atoms with Crippen molar-refractivity contribution in [3.63, 3.8) is 0 Å². The number of aromatic nitrogens is 1. The van der Waals surface area contributed by atoms with E-state index in [1.165, 1.54) is 38.6 Å². The quantitative estimate of drug-likeness (QED) is 0.175. The lowest BCUT2D eigenvalue weighted by Gasteiger charge is -2.20. The lowest BCUT2D eigenvalue weighted by Crippen LogP contribution is -2.24. The molecule has 0 radical (unpaired) electrons. The van der Waals surface area contributed by atoms with Gasteiger partial charge in [0.1, 0.15) is 12.7 Å². The smallest absolute Gasteiger partial charge is 0.404 e. The number of hydrogen-bond acceptors (Lipinski definition) is 7. The maximum absolute atomic E-state index is 13.3. The van der Waals surface area contributed by atoms with Gasteiger partial charge in [-0.05, 0) is 64.0 Å². The summed E-state index contributed by atoms with van der Waals surface area (Å²) in [5.41, 5.74) is 14.4. The Bertz CT molecular complexity index is 1370. The Labute approximate surface area is 244 Å². The number of rotatable bonds is 8. The van der Waals surface area contributed by atoms with Gasteiger partial charge in [0, 0.05) is 41.2 Å². The van der Waals surface area contributed by atoms with Crippen LogP contribution in [0.25, 0.3) is 10.9 Å². The number of hydrogen-bond donors (Lipinski definition) is 3. The average molecular weight is 589 g/mol. The summed E-state index contributed by atoms with van der Waals surface area (Å²) in [7, 11) is 2.19. The van der Waals surface area contributed by atoms with Gasteiger partial charge in [-0.15, -0.1) is 0 Å². The number of benzene rings is 1. The summed E-state index contributed by atoms with van der Waals surface area (Å²) in [4.78, 5) is 15.6. The molecule has 2 atom stereocenters. The van der Waals surface area contributed by atoms with E-state index in [0.717, 1.165) is 4.57 Å². The molecule has 2 unspecified atom stereocenters. The van der Waals surface area contributed by atoms with E-state index in [0.29, 0.717) is 52.8 Å². The number of likely N-dealkylation sites (tertiary alicyclic amines) is 1. The van der Waals surface area contributed by atoms with Gasteiger partial charge in [-0.25, -0.2) is 9.38 Å². The first-order chi connectivity index (χ1) is 20.0. The van der Waals surface area contributed by atoms with Gasteiger partial charge in [0.15, 0.2) is 5.84 Å². The molecule has 42 heavy (non-hydrogen) atoms. The molecule has 1 saturated carbocycles. The minimum absolute atomic E-state index is 0.0691. The number of anilines is 1. The molecular weight excluding hydrogens is 548 g/mol. The van der Waals surface area contributed by atoms with E-state index < -0.39 is 18.9 Å². The number of nitrogens with zero attached hydrogens (tertiary/aromatic N) is 5. The van der Waals surface area contributed by atoms with Gasteiger partial charge in [0.05, 0.1) is 36.1 Å². The van der Waals surface area contributed by atoms with Crippen LogP contribution >= 0.6 is 0 Å². The monoisotopic (exact) mass is 588 g/mol. The van der Waals surface area contributed by atoms with Crippen molar-refractivity contribution in [2.75, 3.05) is 39.0 Å². The number of piperidine rings is 1. The number of alkyl halides is 4. The second-order valence-corrected chi connectivity index (χ2v) is 11.0. The third-order valence-corrected chi connectivity index (χ3v) is 7.60. The minimum Gasteiger partial charge on any atom is -0.404 e. The van der Waals surface area contributed by atoms with Crippen LogP contribution in [-0.4, -0.2) is 78.8 Å². The normalized spacial score (nSPS) is 21.8. The summed E-state index contributed by atoms with van der Waals surface area (Å²) in [5, 5.41) is 3.62. The molecule has 3 heterocycles. The average Bonchev–Trinajstić information content (AvgIpc) is 3.67. The zero-order chi connectivity index (χ0) is 30.3. The Balaban J connectivity index is 0.000000507. The number of allylic oxidation sites excluding steroid dienone is 1. The first kappa shape index (κ1) is 31.3. The summed E-state index contributed by atoms with van der Waals surface area (Å²) >= 11 is 0. The molecule has 2 aliphatic heterocycles. The Morgan fingerprint density at radius 1 is 1.21 bits per heavy atom. The first-order valence-electron chi connectivity index (χ1n) is 14.3. The van der Waals surface area contributed by atoms with E-state index in [4.69, 9.17) is 11.5 Å². The molecule has 1 aliphatic carbocycles. The fourth-order valence-electron chi connectivity index (χ4n) is 5.27. The van der Waals surface area contributed by atoms with E-state index in [9.17, 15) is 17.6 Å². The van der Waals surface area contributed by atoms with Crippen molar-refractivity contribution in [1.82, 2.24) is 14.8 Å². The molecular formula is C30H40F4N8. The number of aliphatic imine (C=N–C) groups is 3. The van der Waals surface area contributed by atoms with Crippen LogP contribution in [0.2, 0.25) is 0 Å². The Hall–Kier alpha value is -3.67. The van der Waals surface area contributed by atoms with Crippen LogP contribution in [0.3, 0.4) is 0 Å². The second-order valence-electron chi connectivity index (χ2n) is 11.0. The van der Waals surface area contributed by atoms with Crippen molar-refractivity contribution in [1.29, 1.82) is 0 Å². The topological polar surface area (TPSA) is 109 Å². The van der Waals surface area contributed by atoms with Crippen LogP contribution in [-0.2, 0) is 6.54 Å². The molecule has 12 heteroatoms. The van der Waals surface area contributed by atoms with E-state index in [2.05, 4.69) is 38.8 Å². The lowest BCUT2D eigenvalue weighted by atomic mass is 10.1. The highest BCUT2D eigenvalue weighted by Gasteiger charge is 2.31. The van der Waals surface area contributed by atoms with Crippen LogP contribution < -0.4 is 16.8 Å². The zero-order valence-corrected chi connectivity index (χ0v) is 24.0. The summed E-state index contributed by atoms with van der Waals surface area (Å²) in [5.74, 6) is 0.213. The molecule has 2 aromatic rings. The van der Waals surface area contributed by atoms with Crippen LogP contribution in [0.15, 0.2) is 63.3 Å². The number of nitrogens with one attached hydrogen (secondary N) is 1. The van der Waals surface area contributed by atoms with Gasteiger partial charge in [-0.1, -0.05) is 19.1 Å². The fraction of sp³-hybridized carbons (Fsp3) is 0.500. The van der Waals surface area contributed by atoms with E-state index in [1.54, 1.807) is 30.5 Å². The number of amidine groups is 1. The van der Waals surface area contributed by atoms with Crippen molar-refractivity contribution in [2.45, 2.75) is 63.5 Å². The van der Waals surface area contributed by atoms with Gasteiger partial charge < -0.3 is 26.3 Å². The molecule has 228 valence electrons. The molecule has 1 aromatic heterocycles. The molecule has 1 saturated heterocycles. The molecule has 0 amide bonds. The number of halogens is 4. The van der Waals surface area contributed by atoms with Crippen LogP contribution in [0, 0.1) is 0 Å². The fourth-order valence-corrected chi connectivity index (χ4v) is 5.27. The van der Waals surface area contributed by atoms with Gasteiger partial charge >= 0.3 is 6.18 Å². The molecule has 0 bridgehead atoms. The van der Waals surface area contributed by atoms with Crippen LogP contribution in [0.4, 0.5) is 23.2 Å². The standard InChI is InChI=1S/C24H27F4N7.C6H13N/c1-14(15(9-29)10-32-17-6-5-16(25)7-17)31-11-18-12-33-23(34-18)22-8-19-20(30)3-2-4-21(19)35(22)13-24(26,27)28;1-7-5-3-2-4-6-7/h2-4,8-10,16-17,31H,1,5-7,11-13,29-30H2;2-6H2,1H3/b15-9+,32-10?;. The molecule has 5 N–H and O–H groups in total. The summed E-state index contributed by atoms with van der Waals surface area (Å²) in [6.07, 6.45) is 3.59. The molecule has 0 spiro atoms. The van der Waals surface area contributed by atoms with Crippen LogP contribution in [0.1, 0.15) is 44.2 Å². The van der Waals surface area contributed by atoms with Gasteiger partial charge in [-0.2, -0.15) is 13.2 Å². The second kappa shape index (κ2) is 14.0. The largest absolute Gasteiger partial charge is 0.406 e. The third-order valence-electron chi connectivity index (χ3n) is 7.60. The first-order valence-corrected chi connectivity index (χ1v) is 14.3. The van der Waals surface area contributed by atoms with Crippen molar-refractivity contribution >= 4 is 34.4 Å². The molecule has 5 rings (SSSR count). The number of nitrogen functional groups attached to an aromatic ring is 1. The van der Waals surface area contributed by atoms with E-state index in [-0.39, 0.29) is 30.7 Å². The van der Waals surface area contributed by atoms with E-state index >= 15 is 0 Å². The number of nitrogens with two attached hydrogens (primary N) is 2. The van der Waals surface area contributed by atoms with Gasteiger partial charge in [0.25, 0.3) is 0 Å². The van der Waals surface area contributed by atoms with Gasteiger partial charge in [-0.3, -0.25) is 9.98 Å². The predicted octanol–water partition coefficient (Wildman–Crippen LogP) is 5.00. The number of fused-ring (bicyclic) bond motifs is 1. The summed E-state index contributed by atoms with van der Waals surface area (Å²) < 4.78 is 54.4. The predicted molar refractivity (Wildman–Crippen MR) is 163 cm³/mol. The highest BCUT2D eigenvalue weighted by atomic mass is 19.4. The molecule has 3 aliphatic rings. The summed E-state index contributed by atoms with van der Waals surface area (Å²) in [6.45, 7) is 5.92. The molecule has 1 aromatic carbocycles. The van der Waals surface area contributed by atoms with Crippen molar-refractivity contribution < 1.29 is 17.6 Å². The minimum atomic E-state index is -4.42. The van der Waals surface area contributed by atoms with Crippen molar-refractivity contribution in [2.24, 2.45) is 20.7 Å². The van der Waals surface area contributed by atoms with E-state index in [1.807, 2.05) is 0 Å². The maximum Gasteiger partial charge on any atom is 0.406 e. The Morgan fingerprint density at radius 3 is 2.60 bits per heavy atom. The van der Waals surface area contributed by atoms with Gasteiger partial charge in [0.2, 0.25) is 0 Å². The molecule has 2 fully saturated rings. The third kappa shape index (κ3) is 8.43. The SMILES string of the molecule is C=C(NCC1=NC(c2cc3c(N)cccc3n2CC(F)(F)F)=NC1)/C(C=NC1CCC(F)C1)=C/N.CN1CCCCC1.